The van der Waals surface area contributed by atoms with Gasteiger partial charge in [-0.2, -0.15) is 0 Å². The molecule has 126 valence electrons. The van der Waals surface area contributed by atoms with Gasteiger partial charge in [-0.05, 0) is 44.9 Å². The average Bonchev–Trinajstić information content (AvgIpc) is 2.56. The zero-order valence-corrected chi connectivity index (χ0v) is 14.1. The average molecular weight is 338 g/mol. The first-order chi connectivity index (χ1) is 11.8. The number of aliphatic imine (C=N–C) groups is 1. The Kier molecular flexibility index (Phi) is 3.39. The summed E-state index contributed by atoms with van der Waals surface area (Å²) in [4.78, 5) is 9.16. The third kappa shape index (κ3) is 2.67. The van der Waals surface area contributed by atoms with Gasteiger partial charge in [-0.1, -0.05) is 23.8 Å². The molecule has 0 radical (unpaired) electrons. The van der Waals surface area contributed by atoms with Gasteiger partial charge in [-0.25, -0.2) is 13.8 Å². The minimum atomic E-state index is -1.04. The van der Waals surface area contributed by atoms with Crippen LogP contribution in [0.5, 0.6) is 0 Å². The summed E-state index contributed by atoms with van der Waals surface area (Å²) in [6, 6.07) is 8.58. The highest BCUT2D eigenvalue weighted by molar-refractivity contribution is 6.12. The molecule has 0 saturated heterocycles. The summed E-state index contributed by atoms with van der Waals surface area (Å²) in [5, 5.41) is 7.87. The second-order valence-electron chi connectivity index (χ2n) is 6.97. The van der Waals surface area contributed by atoms with Gasteiger partial charge >= 0.3 is 0 Å². The number of fused-ring (bicyclic) bond motifs is 2. The van der Waals surface area contributed by atoms with Crippen molar-refractivity contribution in [3.05, 3.63) is 64.5 Å². The number of aryl methyl sites for hydroxylation is 1. The number of hydrogen-bond donors (Lipinski definition) is 0. The Morgan fingerprint density at radius 1 is 1.04 bits per heavy atom. The molecule has 0 amide bonds. The molecule has 2 aromatic carbocycles. The van der Waals surface area contributed by atoms with E-state index in [4.69, 9.17) is 4.99 Å². The molecule has 1 aliphatic heterocycles. The molecule has 0 fully saturated rings. The third-order valence-electron chi connectivity index (χ3n) is 4.28. The molecular weight excluding hydrogens is 322 g/mol. The number of benzene rings is 2. The van der Waals surface area contributed by atoms with Gasteiger partial charge in [0.2, 0.25) is 5.82 Å². The van der Waals surface area contributed by atoms with Gasteiger partial charge in [0, 0.05) is 5.56 Å². The molecule has 0 atom stereocenters. The zero-order chi connectivity index (χ0) is 17.8. The topological polar surface area (TPSA) is 51.0 Å². The van der Waals surface area contributed by atoms with E-state index < -0.39 is 11.6 Å². The normalized spacial score (nSPS) is 15.8. The van der Waals surface area contributed by atoms with E-state index in [1.807, 2.05) is 32.9 Å². The molecule has 6 heteroatoms. The maximum absolute atomic E-state index is 13.8. The largest absolute Gasteiger partial charge is 0.274 e. The van der Waals surface area contributed by atoms with Crippen molar-refractivity contribution >= 4 is 16.7 Å². The van der Waals surface area contributed by atoms with Crippen molar-refractivity contribution in [3.63, 3.8) is 0 Å². The fraction of sp³-hybridized carbons (Fsp3) is 0.263. The molecule has 0 saturated carbocycles. The van der Waals surface area contributed by atoms with E-state index in [0.29, 0.717) is 11.5 Å². The highest BCUT2D eigenvalue weighted by atomic mass is 19.2. The van der Waals surface area contributed by atoms with Gasteiger partial charge in [0.05, 0.1) is 11.1 Å². The molecule has 2 heterocycles. The van der Waals surface area contributed by atoms with Crippen LogP contribution in [-0.4, -0.2) is 26.4 Å². The van der Waals surface area contributed by atoms with Crippen molar-refractivity contribution in [2.24, 2.45) is 4.99 Å². The first-order valence-electron chi connectivity index (χ1n) is 8.03. The van der Waals surface area contributed by atoms with Crippen LogP contribution in [0.1, 0.15) is 36.4 Å². The lowest BCUT2D eigenvalue weighted by Gasteiger charge is -2.28. The van der Waals surface area contributed by atoms with E-state index in [9.17, 15) is 8.78 Å². The van der Waals surface area contributed by atoms with Crippen LogP contribution in [-0.2, 0) is 6.42 Å². The maximum Gasteiger partial charge on any atom is 0.201 e. The zero-order valence-electron chi connectivity index (χ0n) is 14.1. The molecule has 0 spiro atoms. The summed E-state index contributed by atoms with van der Waals surface area (Å²) in [5.74, 6) is -1.68. The fourth-order valence-corrected chi connectivity index (χ4v) is 3.19. The molecule has 0 aliphatic carbocycles. The monoisotopic (exact) mass is 338 g/mol. The molecule has 4 rings (SSSR count). The highest BCUT2D eigenvalue weighted by Gasteiger charge is 2.29. The van der Waals surface area contributed by atoms with Crippen LogP contribution in [0.25, 0.3) is 11.0 Å². The molecule has 3 aromatic rings. The van der Waals surface area contributed by atoms with Crippen molar-refractivity contribution < 1.29 is 8.78 Å². The molecule has 0 unspecified atom stereocenters. The summed E-state index contributed by atoms with van der Waals surface area (Å²) >= 11 is 0. The smallest absolute Gasteiger partial charge is 0.201 e. The summed E-state index contributed by atoms with van der Waals surface area (Å²) in [7, 11) is 0. The molecule has 0 bridgehead atoms. The van der Waals surface area contributed by atoms with Gasteiger partial charge in [0.25, 0.3) is 0 Å². The fourth-order valence-electron chi connectivity index (χ4n) is 3.19. The number of nitrogens with zero attached hydrogens (tertiary/aromatic N) is 4. The lowest BCUT2D eigenvalue weighted by Crippen LogP contribution is -2.30. The second kappa shape index (κ2) is 5.37. The molecule has 4 nitrogen and oxygen atoms in total. The Balaban J connectivity index is 1.93. The molecule has 1 aromatic heterocycles. The van der Waals surface area contributed by atoms with E-state index in [1.165, 1.54) is 17.2 Å². The van der Waals surface area contributed by atoms with Crippen LogP contribution >= 0.6 is 0 Å². The Hall–Kier alpha value is -2.76. The van der Waals surface area contributed by atoms with Gasteiger partial charge in [-0.15, -0.1) is 10.2 Å². The highest BCUT2D eigenvalue weighted by Crippen LogP contribution is 2.29. The quantitative estimate of drug-likeness (QED) is 0.678. The number of halogens is 2. The van der Waals surface area contributed by atoms with Crippen molar-refractivity contribution in [3.8, 4) is 0 Å². The summed E-state index contributed by atoms with van der Waals surface area (Å²) in [5.41, 5.74) is 3.70. The van der Waals surface area contributed by atoms with Crippen molar-refractivity contribution in [2.75, 3.05) is 0 Å². The van der Waals surface area contributed by atoms with Crippen LogP contribution in [0.2, 0.25) is 0 Å². The summed E-state index contributed by atoms with van der Waals surface area (Å²) in [6.45, 7) is 6.13. The van der Waals surface area contributed by atoms with Crippen molar-refractivity contribution in [2.45, 2.75) is 32.7 Å². The third-order valence-corrected chi connectivity index (χ3v) is 4.28. The Bertz CT molecular complexity index is 1040. The van der Waals surface area contributed by atoms with E-state index in [1.54, 1.807) is 0 Å². The molecule has 1 aliphatic rings. The second-order valence-corrected chi connectivity index (χ2v) is 6.97. The van der Waals surface area contributed by atoms with Crippen LogP contribution < -0.4 is 0 Å². The van der Waals surface area contributed by atoms with Gasteiger partial charge in [0.15, 0.2) is 17.2 Å². The molecular formula is C19H16F2N4. The van der Waals surface area contributed by atoms with E-state index in [2.05, 4.69) is 21.2 Å². The van der Waals surface area contributed by atoms with Gasteiger partial charge in [-0.3, -0.25) is 4.99 Å². The maximum atomic E-state index is 13.8. The van der Waals surface area contributed by atoms with E-state index in [0.717, 1.165) is 18.1 Å². The van der Waals surface area contributed by atoms with Crippen LogP contribution in [0.15, 0.2) is 35.3 Å². The van der Waals surface area contributed by atoms with Crippen LogP contribution in [0.3, 0.4) is 0 Å². The van der Waals surface area contributed by atoms with Crippen molar-refractivity contribution in [1.82, 2.24) is 15.2 Å². The summed E-state index contributed by atoms with van der Waals surface area (Å²) in [6.07, 6.45) is 0.814. The lowest BCUT2D eigenvalue weighted by molar-refractivity contribution is 0.511. The predicted octanol–water partition coefficient (Wildman–Crippen LogP) is 3.78. The van der Waals surface area contributed by atoms with E-state index in [-0.39, 0.29) is 16.6 Å². The Labute approximate surface area is 143 Å². The standard InChI is InChI=1S/C19H16F2N4/c1-10-4-5-12-11(8-10)9-19(2,3)23-16(12)18-22-14-7-6-13(20)15(21)17(14)24-25-18/h4-8H,9H2,1-3H3. The molecule has 0 N–H and O–H groups in total. The lowest BCUT2D eigenvalue weighted by atomic mass is 9.86. The first kappa shape index (κ1) is 15.7. The minimum Gasteiger partial charge on any atom is -0.274 e. The van der Waals surface area contributed by atoms with Gasteiger partial charge < -0.3 is 0 Å². The SMILES string of the molecule is Cc1ccc2c(c1)CC(C)(C)N=C2c1nnc2c(F)c(F)ccc2n1. The minimum absolute atomic E-state index is 0.177. The van der Waals surface area contributed by atoms with Crippen LogP contribution in [0.4, 0.5) is 8.78 Å². The number of rotatable bonds is 1. The van der Waals surface area contributed by atoms with Crippen molar-refractivity contribution in [1.29, 1.82) is 0 Å². The number of aromatic nitrogens is 3. The summed E-state index contributed by atoms with van der Waals surface area (Å²) < 4.78 is 27.2. The number of hydrogen-bond acceptors (Lipinski definition) is 4. The Morgan fingerprint density at radius 2 is 1.84 bits per heavy atom. The molecule has 25 heavy (non-hydrogen) atoms. The Morgan fingerprint density at radius 3 is 2.64 bits per heavy atom. The van der Waals surface area contributed by atoms with Gasteiger partial charge in [0.1, 0.15) is 5.71 Å². The van der Waals surface area contributed by atoms with Crippen LogP contribution in [0, 0.1) is 18.6 Å². The first-order valence-corrected chi connectivity index (χ1v) is 8.03. The predicted molar refractivity (Wildman–Crippen MR) is 91.9 cm³/mol. The van der Waals surface area contributed by atoms with E-state index >= 15 is 0 Å².